The van der Waals surface area contributed by atoms with E-state index in [2.05, 4.69) is 10.4 Å². The topological polar surface area (TPSA) is 103 Å². The first-order valence-corrected chi connectivity index (χ1v) is 12.7. The Morgan fingerprint density at radius 3 is 2.65 bits per heavy atom. The van der Waals surface area contributed by atoms with Gasteiger partial charge in [-0.2, -0.15) is 9.40 Å². The van der Waals surface area contributed by atoms with Crippen LogP contribution in [-0.4, -0.2) is 60.8 Å². The number of aromatic nitrogens is 2. The maximum Gasteiger partial charge on any atom is 0.243 e. The average Bonchev–Trinajstić information content (AvgIpc) is 3.57. The highest BCUT2D eigenvalue weighted by molar-refractivity contribution is 7.89. The van der Waals surface area contributed by atoms with Crippen molar-refractivity contribution < 1.29 is 22.7 Å². The third-order valence-corrected chi connectivity index (χ3v) is 7.95. The Labute approximate surface area is 198 Å². The average molecular weight is 483 g/mol. The van der Waals surface area contributed by atoms with Gasteiger partial charge in [-0.15, -0.1) is 0 Å². The van der Waals surface area contributed by atoms with Gasteiger partial charge in [0.2, 0.25) is 15.9 Å². The van der Waals surface area contributed by atoms with Crippen molar-refractivity contribution in [3.63, 3.8) is 0 Å². The second-order valence-corrected chi connectivity index (χ2v) is 10.1. The third kappa shape index (κ3) is 4.51. The van der Waals surface area contributed by atoms with Crippen molar-refractivity contribution in [1.82, 2.24) is 19.4 Å². The second-order valence-electron chi connectivity index (χ2n) is 8.24. The molecule has 3 aromatic rings. The summed E-state index contributed by atoms with van der Waals surface area (Å²) in [5.41, 5.74) is 2.03. The zero-order valence-corrected chi connectivity index (χ0v) is 19.4. The van der Waals surface area contributed by atoms with Gasteiger partial charge in [-0.05, 0) is 55.2 Å². The predicted molar refractivity (Wildman–Crippen MR) is 125 cm³/mol. The molecule has 2 aliphatic heterocycles. The number of sulfonamides is 1. The van der Waals surface area contributed by atoms with E-state index in [0.29, 0.717) is 57.1 Å². The predicted octanol–water partition coefficient (Wildman–Crippen LogP) is 2.16. The molecule has 1 N–H and O–H groups in total. The van der Waals surface area contributed by atoms with Gasteiger partial charge in [0.25, 0.3) is 0 Å². The number of nitrogens with one attached hydrogen (secondary N) is 1. The SMILES string of the molecule is O=C(NCCc1ccc(-n2cccn2)cc1)C1CCCN1S(=O)(=O)c1ccc2c(c1)OCCO2. The fourth-order valence-electron chi connectivity index (χ4n) is 4.29. The van der Waals surface area contributed by atoms with Crippen LogP contribution in [0.15, 0.2) is 65.8 Å². The number of nitrogens with zero attached hydrogens (tertiary/aromatic N) is 3. The molecular formula is C24H26N4O5S. The Balaban J connectivity index is 1.21. The van der Waals surface area contributed by atoms with E-state index in [1.807, 2.05) is 36.5 Å². The van der Waals surface area contributed by atoms with Gasteiger partial charge >= 0.3 is 0 Å². The lowest BCUT2D eigenvalue weighted by Crippen LogP contribution is -2.46. The summed E-state index contributed by atoms with van der Waals surface area (Å²) in [6, 6.07) is 13.7. The number of ether oxygens (including phenoxy) is 2. The zero-order valence-electron chi connectivity index (χ0n) is 18.6. The van der Waals surface area contributed by atoms with Crippen LogP contribution in [0.2, 0.25) is 0 Å². The van der Waals surface area contributed by atoms with Crippen LogP contribution in [0.1, 0.15) is 18.4 Å². The van der Waals surface area contributed by atoms with Crippen LogP contribution in [0, 0.1) is 0 Å². The number of hydrogen-bond acceptors (Lipinski definition) is 6. The van der Waals surface area contributed by atoms with Crippen LogP contribution < -0.4 is 14.8 Å². The first kappa shape index (κ1) is 22.4. The molecule has 0 spiro atoms. The summed E-state index contributed by atoms with van der Waals surface area (Å²) in [6.07, 6.45) is 5.38. The smallest absolute Gasteiger partial charge is 0.243 e. The minimum absolute atomic E-state index is 0.105. The Morgan fingerprint density at radius 1 is 1.09 bits per heavy atom. The van der Waals surface area contributed by atoms with Gasteiger partial charge < -0.3 is 14.8 Å². The lowest BCUT2D eigenvalue weighted by Gasteiger charge is -2.24. The molecule has 1 saturated heterocycles. The Morgan fingerprint density at radius 2 is 1.88 bits per heavy atom. The number of carbonyl (C=O) groups excluding carboxylic acids is 1. The summed E-state index contributed by atoms with van der Waals surface area (Å²) < 4.78 is 40.7. The van der Waals surface area contributed by atoms with E-state index in [0.717, 1.165) is 11.3 Å². The van der Waals surface area contributed by atoms with Crippen LogP contribution in [-0.2, 0) is 21.2 Å². The van der Waals surface area contributed by atoms with Gasteiger partial charge in [-0.3, -0.25) is 4.79 Å². The van der Waals surface area contributed by atoms with E-state index >= 15 is 0 Å². The molecule has 3 heterocycles. The fraction of sp³-hybridized carbons (Fsp3) is 0.333. The van der Waals surface area contributed by atoms with Crippen LogP contribution in [0.4, 0.5) is 0 Å². The highest BCUT2D eigenvalue weighted by atomic mass is 32.2. The monoisotopic (exact) mass is 482 g/mol. The molecule has 1 fully saturated rings. The van der Waals surface area contributed by atoms with Crippen LogP contribution in [0.25, 0.3) is 5.69 Å². The maximum absolute atomic E-state index is 13.3. The second kappa shape index (κ2) is 9.47. The van der Waals surface area contributed by atoms with E-state index in [9.17, 15) is 13.2 Å². The Bertz CT molecular complexity index is 1260. The maximum atomic E-state index is 13.3. The van der Waals surface area contributed by atoms with Gasteiger partial charge in [0.1, 0.15) is 19.3 Å². The van der Waals surface area contributed by atoms with Gasteiger partial charge in [0.15, 0.2) is 11.5 Å². The number of rotatable bonds is 7. The molecule has 1 unspecified atom stereocenters. The third-order valence-electron chi connectivity index (χ3n) is 6.04. The highest BCUT2D eigenvalue weighted by Gasteiger charge is 2.39. The molecule has 2 aliphatic rings. The van der Waals surface area contributed by atoms with E-state index in [1.54, 1.807) is 16.9 Å². The summed E-state index contributed by atoms with van der Waals surface area (Å²) >= 11 is 0. The Kier molecular flexibility index (Phi) is 6.25. The van der Waals surface area contributed by atoms with Gasteiger partial charge in [0, 0.05) is 31.5 Å². The molecular weight excluding hydrogens is 456 g/mol. The summed E-state index contributed by atoms with van der Waals surface area (Å²) in [6.45, 7) is 1.54. The van der Waals surface area contributed by atoms with Crippen molar-refractivity contribution in [2.24, 2.45) is 0 Å². The van der Waals surface area contributed by atoms with E-state index in [4.69, 9.17) is 9.47 Å². The van der Waals surface area contributed by atoms with Crippen LogP contribution in [0.3, 0.4) is 0 Å². The molecule has 5 rings (SSSR count). The Hall–Kier alpha value is -3.37. The minimum Gasteiger partial charge on any atom is -0.486 e. The van der Waals surface area contributed by atoms with Crippen molar-refractivity contribution in [2.75, 3.05) is 26.3 Å². The van der Waals surface area contributed by atoms with Crippen LogP contribution >= 0.6 is 0 Å². The highest BCUT2D eigenvalue weighted by Crippen LogP contribution is 2.34. The number of amides is 1. The molecule has 2 aromatic carbocycles. The first-order valence-electron chi connectivity index (χ1n) is 11.3. The molecule has 178 valence electrons. The van der Waals surface area contributed by atoms with E-state index < -0.39 is 16.1 Å². The summed E-state index contributed by atoms with van der Waals surface area (Å²) in [7, 11) is -3.84. The zero-order chi connectivity index (χ0) is 23.5. The molecule has 0 aliphatic carbocycles. The molecule has 0 bridgehead atoms. The molecule has 34 heavy (non-hydrogen) atoms. The van der Waals surface area contributed by atoms with Crippen molar-refractivity contribution in [2.45, 2.75) is 30.2 Å². The molecule has 1 aromatic heterocycles. The molecule has 1 atom stereocenters. The summed E-state index contributed by atoms with van der Waals surface area (Å²) in [5.74, 6) is 0.663. The quantitative estimate of drug-likeness (QED) is 0.554. The van der Waals surface area contributed by atoms with Crippen molar-refractivity contribution in [3.05, 3.63) is 66.5 Å². The summed E-state index contributed by atoms with van der Waals surface area (Å²) in [4.78, 5) is 13.0. The van der Waals surface area contributed by atoms with Crippen molar-refractivity contribution >= 4 is 15.9 Å². The van der Waals surface area contributed by atoms with E-state index in [1.165, 1.54) is 16.4 Å². The molecule has 10 heteroatoms. The van der Waals surface area contributed by atoms with Gasteiger partial charge in [0.05, 0.1) is 10.6 Å². The van der Waals surface area contributed by atoms with Crippen molar-refractivity contribution in [1.29, 1.82) is 0 Å². The molecule has 1 amide bonds. The minimum atomic E-state index is -3.84. The van der Waals surface area contributed by atoms with Crippen LogP contribution in [0.5, 0.6) is 11.5 Å². The standard InChI is InChI=1S/C24H26N4O5S/c29-24(25-12-10-18-4-6-19(7-5-18)27-13-2-11-26-27)21-3-1-14-28(21)34(30,31)20-8-9-22-23(17-20)33-16-15-32-22/h2,4-9,11,13,17,21H,1,3,10,12,14-16H2,(H,25,29). The lowest BCUT2D eigenvalue weighted by molar-refractivity contribution is -0.124. The number of benzene rings is 2. The number of hydrogen-bond donors (Lipinski definition) is 1. The number of fused-ring (bicyclic) bond motifs is 1. The van der Waals surface area contributed by atoms with E-state index in [-0.39, 0.29) is 10.8 Å². The number of carbonyl (C=O) groups is 1. The molecule has 0 radical (unpaired) electrons. The van der Waals surface area contributed by atoms with Gasteiger partial charge in [-0.25, -0.2) is 13.1 Å². The largest absolute Gasteiger partial charge is 0.486 e. The first-order chi connectivity index (χ1) is 16.5. The van der Waals surface area contributed by atoms with Crippen molar-refractivity contribution in [3.8, 4) is 17.2 Å². The fourth-order valence-corrected chi connectivity index (χ4v) is 5.97. The lowest BCUT2D eigenvalue weighted by atomic mass is 10.1. The normalized spacial score (nSPS) is 18.1. The molecule has 9 nitrogen and oxygen atoms in total. The van der Waals surface area contributed by atoms with Gasteiger partial charge in [-0.1, -0.05) is 12.1 Å². The molecule has 0 saturated carbocycles. The summed E-state index contributed by atoms with van der Waals surface area (Å²) in [5, 5.41) is 7.12.